The van der Waals surface area contributed by atoms with Crippen LogP contribution in [0.3, 0.4) is 0 Å². The molecule has 1 aliphatic rings. The standard InChI is InChI=1S/C24H28ClFN4O3/c1-13-11-30(22(31)33-23(3,4)5)12-14(2)24(13,32)16-9-28-19(8-17(16)25)15-6-7-27-21-20(15)18(26)10-29-21/h6-10,13-14,32H,11-12H2,1-5H3,(H,27,29)/t13-,14+,24?. The zero-order valence-corrected chi connectivity index (χ0v) is 20.1. The van der Waals surface area contributed by atoms with E-state index in [1.807, 2.05) is 34.6 Å². The number of ether oxygens (including phenoxy) is 1. The maximum atomic E-state index is 14.3. The van der Waals surface area contributed by atoms with Gasteiger partial charge in [0.1, 0.15) is 16.8 Å². The predicted molar refractivity (Wildman–Crippen MR) is 124 cm³/mol. The maximum absolute atomic E-state index is 14.3. The Balaban J connectivity index is 1.65. The van der Waals surface area contributed by atoms with E-state index in [4.69, 9.17) is 16.3 Å². The second kappa shape index (κ2) is 8.25. The molecule has 3 aromatic heterocycles. The molecule has 1 saturated heterocycles. The summed E-state index contributed by atoms with van der Waals surface area (Å²) in [6.07, 6.45) is 3.96. The fraction of sp³-hybridized carbons (Fsp3) is 0.458. The number of nitrogens with one attached hydrogen (secondary N) is 1. The van der Waals surface area contributed by atoms with Crippen LogP contribution in [0.15, 0.2) is 30.7 Å². The van der Waals surface area contributed by atoms with Gasteiger partial charge in [-0.15, -0.1) is 0 Å². The Morgan fingerprint density at radius 2 is 1.97 bits per heavy atom. The molecule has 1 unspecified atom stereocenters. The minimum Gasteiger partial charge on any atom is -0.444 e. The number of halogens is 2. The zero-order valence-electron chi connectivity index (χ0n) is 19.3. The fourth-order valence-corrected chi connectivity index (χ4v) is 4.91. The van der Waals surface area contributed by atoms with Gasteiger partial charge in [-0.2, -0.15) is 0 Å². The quantitative estimate of drug-likeness (QED) is 0.537. The van der Waals surface area contributed by atoms with E-state index in [2.05, 4.69) is 15.0 Å². The zero-order chi connectivity index (χ0) is 24.1. The van der Waals surface area contributed by atoms with E-state index in [1.165, 1.54) is 6.20 Å². The lowest BCUT2D eigenvalue weighted by molar-refractivity contribution is -0.111. The molecule has 1 aliphatic heterocycles. The Bertz CT molecular complexity index is 1190. The highest BCUT2D eigenvalue weighted by Crippen LogP contribution is 2.44. The molecule has 4 rings (SSSR count). The van der Waals surface area contributed by atoms with Gasteiger partial charge in [-0.1, -0.05) is 25.4 Å². The van der Waals surface area contributed by atoms with E-state index in [1.54, 1.807) is 29.4 Å². The van der Waals surface area contributed by atoms with Gasteiger partial charge >= 0.3 is 6.09 Å². The summed E-state index contributed by atoms with van der Waals surface area (Å²) < 4.78 is 19.8. The highest BCUT2D eigenvalue weighted by molar-refractivity contribution is 6.31. The van der Waals surface area contributed by atoms with Crippen molar-refractivity contribution in [2.75, 3.05) is 13.1 Å². The molecule has 176 valence electrons. The predicted octanol–water partition coefficient (Wildman–Crippen LogP) is 5.13. The van der Waals surface area contributed by atoms with Gasteiger partial charge in [-0.05, 0) is 32.9 Å². The van der Waals surface area contributed by atoms with Crippen LogP contribution in [0, 0.1) is 17.7 Å². The molecule has 4 heterocycles. The average molecular weight is 475 g/mol. The Kier molecular flexibility index (Phi) is 5.87. The summed E-state index contributed by atoms with van der Waals surface area (Å²) in [6.45, 7) is 9.83. The number of pyridine rings is 2. The molecule has 3 aromatic rings. The highest BCUT2D eigenvalue weighted by atomic mass is 35.5. The molecule has 33 heavy (non-hydrogen) atoms. The monoisotopic (exact) mass is 474 g/mol. The third-order valence-corrected chi connectivity index (χ3v) is 6.54. The molecule has 0 spiro atoms. The number of rotatable bonds is 2. The molecule has 0 saturated carbocycles. The van der Waals surface area contributed by atoms with E-state index in [-0.39, 0.29) is 11.8 Å². The van der Waals surface area contributed by atoms with Gasteiger partial charge in [0.15, 0.2) is 5.82 Å². The molecular formula is C24H28ClFN4O3. The first kappa shape index (κ1) is 23.4. The molecule has 0 bridgehead atoms. The molecule has 3 atom stereocenters. The summed E-state index contributed by atoms with van der Waals surface area (Å²) in [5, 5.41) is 12.4. The van der Waals surface area contributed by atoms with Gasteiger partial charge < -0.3 is 19.7 Å². The number of hydrogen-bond donors (Lipinski definition) is 2. The first-order chi connectivity index (χ1) is 15.4. The number of H-pyrrole nitrogens is 1. The minimum atomic E-state index is -1.30. The Labute approximate surface area is 196 Å². The van der Waals surface area contributed by atoms with Gasteiger partial charge in [0.05, 0.1) is 16.1 Å². The molecule has 7 nitrogen and oxygen atoms in total. The number of fused-ring (bicyclic) bond motifs is 1. The lowest BCUT2D eigenvalue weighted by Crippen LogP contribution is -2.56. The van der Waals surface area contributed by atoms with Crippen LogP contribution >= 0.6 is 11.6 Å². The first-order valence-corrected chi connectivity index (χ1v) is 11.3. The van der Waals surface area contributed by atoms with Crippen molar-refractivity contribution in [3.8, 4) is 11.3 Å². The van der Waals surface area contributed by atoms with Crippen LogP contribution in [0.25, 0.3) is 22.3 Å². The molecule has 2 N–H and O–H groups in total. The summed E-state index contributed by atoms with van der Waals surface area (Å²) in [5.74, 6) is -1.08. The maximum Gasteiger partial charge on any atom is 0.410 e. The highest BCUT2D eigenvalue weighted by Gasteiger charge is 2.48. The smallest absolute Gasteiger partial charge is 0.410 e. The van der Waals surface area contributed by atoms with E-state index >= 15 is 0 Å². The van der Waals surface area contributed by atoms with Gasteiger partial charge in [0, 0.05) is 54.6 Å². The summed E-state index contributed by atoms with van der Waals surface area (Å²) in [5.41, 5.74) is 0.0369. The molecule has 1 amide bonds. The third-order valence-electron chi connectivity index (χ3n) is 6.23. The molecular weight excluding hydrogens is 447 g/mol. The van der Waals surface area contributed by atoms with Crippen molar-refractivity contribution in [1.82, 2.24) is 19.9 Å². The normalized spacial score (nSPS) is 23.7. The summed E-state index contributed by atoms with van der Waals surface area (Å²) in [6, 6.07) is 3.31. The lowest BCUT2D eigenvalue weighted by atomic mass is 9.71. The molecule has 1 fully saturated rings. The van der Waals surface area contributed by atoms with Crippen molar-refractivity contribution in [2.24, 2.45) is 11.8 Å². The molecule has 0 radical (unpaired) electrons. The average Bonchev–Trinajstić information content (AvgIpc) is 3.11. The van der Waals surface area contributed by atoms with Crippen molar-refractivity contribution < 1.29 is 19.0 Å². The number of piperidine rings is 1. The largest absolute Gasteiger partial charge is 0.444 e. The molecule has 0 aromatic carbocycles. The van der Waals surface area contributed by atoms with Crippen molar-refractivity contribution >= 4 is 28.7 Å². The van der Waals surface area contributed by atoms with Crippen LogP contribution in [0.2, 0.25) is 5.02 Å². The van der Waals surface area contributed by atoms with Crippen LogP contribution in [0.1, 0.15) is 40.2 Å². The van der Waals surface area contributed by atoms with Gasteiger partial charge in [0.25, 0.3) is 0 Å². The summed E-state index contributed by atoms with van der Waals surface area (Å²) >= 11 is 6.66. The summed E-state index contributed by atoms with van der Waals surface area (Å²) in [7, 11) is 0. The minimum absolute atomic E-state index is 0.313. The van der Waals surface area contributed by atoms with Gasteiger partial charge in [-0.3, -0.25) is 4.98 Å². The molecule has 0 aliphatic carbocycles. The van der Waals surface area contributed by atoms with Crippen molar-refractivity contribution in [3.05, 3.63) is 47.1 Å². The molecule has 9 heteroatoms. The van der Waals surface area contributed by atoms with Crippen molar-refractivity contribution in [3.63, 3.8) is 0 Å². The van der Waals surface area contributed by atoms with Crippen molar-refractivity contribution in [1.29, 1.82) is 0 Å². The Morgan fingerprint density at radius 3 is 2.58 bits per heavy atom. The number of aromatic amines is 1. The van der Waals surface area contributed by atoms with E-state index in [9.17, 15) is 14.3 Å². The Morgan fingerprint density at radius 1 is 1.30 bits per heavy atom. The van der Waals surface area contributed by atoms with E-state index in [0.29, 0.717) is 46.0 Å². The van der Waals surface area contributed by atoms with Crippen LogP contribution in [-0.4, -0.2) is 49.7 Å². The number of nitrogens with zero attached hydrogens (tertiary/aromatic N) is 3. The van der Waals surface area contributed by atoms with Crippen LogP contribution in [0.5, 0.6) is 0 Å². The third kappa shape index (κ3) is 4.17. The number of likely N-dealkylation sites (tertiary alicyclic amines) is 1. The van der Waals surface area contributed by atoms with Crippen molar-refractivity contribution in [2.45, 2.75) is 45.8 Å². The second-order valence-corrected chi connectivity index (χ2v) is 10.2. The number of amides is 1. The number of hydrogen-bond acceptors (Lipinski definition) is 5. The van der Waals surface area contributed by atoms with E-state index in [0.717, 1.165) is 0 Å². The Hall–Kier alpha value is -2.71. The number of aromatic nitrogens is 3. The topological polar surface area (TPSA) is 91.3 Å². The first-order valence-electron chi connectivity index (χ1n) is 10.9. The van der Waals surface area contributed by atoms with Crippen LogP contribution in [0.4, 0.5) is 9.18 Å². The van der Waals surface area contributed by atoms with E-state index < -0.39 is 23.1 Å². The second-order valence-electron chi connectivity index (χ2n) is 9.78. The number of aliphatic hydroxyl groups is 1. The van der Waals surface area contributed by atoms with Crippen LogP contribution in [-0.2, 0) is 10.3 Å². The number of carbonyl (C=O) groups is 1. The fourth-order valence-electron chi connectivity index (χ4n) is 4.61. The number of carbonyl (C=O) groups excluding carboxylic acids is 1. The SMILES string of the molecule is C[C@@H]1CN(C(=O)OC(C)(C)C)C[C@H](C)C1(O)c1cnc(-c2ccnc3[nH]cc(F)c23)cc1Cl. The lowest BCUT2D eigenvalue weighted by Gasteiger charge is -2.48. The van der Waals surface area contributed by atoms with Gasteiger partial charge in [0.2, 0.25) is 0 Å². The van der Waals surface area contributed by atoms with Crippen LogP contribution < -0.4 is 0 Å². The summed E-state index contributed by atoms with van der Waals surface area (Å²) in [4.78, 5) is 25.6. The van der Waals surface area contributed by atoms with Gasteiger partial charge in [-0.25, -0.2) is 14.2 Å².